The van der Waals surface area contributed by atoms with E-state index in [9.17, 15) is 4.79 Å². The molecule has 0 aromatic carbocycles. The monoisotopic (exact) mass is 265 g/mol. The number of aromatic nitrogens is 3. The van der Waals surface area contributed by atoms with Crippen molar-refractivity contribution in [2.45, 2.75) is 58.4 Å². The van der Waals surface area contributed by atoms with Gasteiger partial charge in [-0.2, -0.15) is 0 Å². The molecule has 1 aromatic rings. The standard InChI is InChI=1S/C14H23N3O2/c1-9(2)17-10(3)15-16-13(17)12(14(18)19-4)11-7-5-6-8-11/h9,11-12H,5-8H2,1-4H3. The number of rotatable bonds is 4. The molecule has 1 saturated carbocycles. The molecule has 1 aliphatic rings. The van der Waals surface area contributed by atoms with Gasteiger partial charge in [0.1, 0.15) is 17.6 Å². The second-order valence-electron chi connectivity index (χ2n) is 5.61. The van der Waals surface area contributed by atoms with Crippen molar-refractivity contribution in [3.8, 4) is 0 Å². The number of aryl methyl sites for hydroxylation is 1. The minimum absolute atomic E-state index is 0.179. The van der Waals surface area contributed by atoms with Gasteiger partial charge in [0.25, 0.3) is 0 Å². The van der Waals surface area contributed by atoms with Crippen molar-refractivity contribution < 1.29 is 9.53 Å². The minimum atomic E-state index is -0.268. The third kappa shape index (κ3) is 2.65. The SMILES string of the molecule is COC(=O)C(c1nnc(C)n1C(C)C)C1CCCC1. The lowest BCUT2D eigenvalue weighted by Gasteiger charge is -2.22. The molecule has 0 aliphatic heterocycles. The molecule has 1 heterocycles. The van der Waals surface area contributed by atoms with Crippen molar-refractivity contribution in [1.29, 1.82) is 0 Å². The van der Waals surface area contributed by atoms with Gasteiger partial charge in [0, 0.05) is 6.04 Å². The highest BCUT2D eigenvalue weighted by Crippen LogP contribution is 2.38. The number of carbonyl (C=O) groups excluding carboxylic acids is 1. The molecule has 5 heteroatoms. The van der Waals surface area contributed by atoms with Crippen LogP contribution in [0.3, 0.4) is 0 Å². The largest absolute Gasteiger partial charge is 0.468 e. The minimum Gasteiger partial charge on any atom is -0.468 e. The fourth-order valence-corrected chi connectivity index (χ4v) is 3.16. The molecular formula is C14H23N3O2. The maximum atomic E-state index is 12.2. The van der Waals surface area contributed by atoms with Gasteiger partial charge in [0.15, 0.2) is 0 Å². The number of nitrogens with zero attached hydrogens (tertiary/aromatic N) is 3. The van der Waals surface area contributed by atoms with E-state index in [1.165, 1.54) is 20.0 Å². The van der Waals surface area contributed by atoms with Crippen LogP contribution in [0.15, 0.2) is 0 Å². The van der Waals surface area contributed by atoms with E-state index in [-0.39, 0.29) is 17.9 Å². The number of hydrogen-bond acceptors (Lipinski definition) is 4. The molecule has 1 atom stereocenters. The van der Waals surface area contributed by atoms with E-state index in [0.717, 1.165) is 24.5 Å². The number of methoxy groups -OCH3 is 1. The van der Waals surface area contributed by atoms with Crippen molar-refractivity contribution in [2.75, 3.05) is 7.11 Å². The third-order valence-electron chi connectivity index (χ3n) is 4.01. The van der Waals surface area contributed by atoms with Crippen molar-refractivity contribution >= 4 is 5.97 Å². The molecule has 0 amide bonds. The van der Waals surface area contributed by atoms with E-state index in [4.69, 9.17) is 4.74 Å². The van der Waals surface area contributed by atoms with Gasteiger partial charge in [-0.1, -0.05) is 12.8 Å². The van der Waals surface area contributed by atoms with Gasteiger partial charge >= 0.3 is 5.97 Å². The zero-order chi connectivity index (χ0) is 14.0. The van der Waals surface area contributed by atoms with Gasteiger partial charge in [0.05, 0.1) is 7.11 Å². The predicted octanol–water partition coefficient (Wildman–Crippen LogP) is 2.61. The number of esters is 1. The molecular weight excluding hydrogens is 242 g/mol. The van der Waals surface area contributed by atoms with Gasteiger partial charge in [0.2, 0.25) is 0 Å². The molecule has 0 bridgehead atoms. The Kier molecular flexibility index (Phi) is 4.22. The lowest BCUT2D eigenvalue weighted by atomic mass is 9.90. The van der Waals surface area contributed by atoms with E-state index >= 15 is 0 Å². The Hall–Kier alpha value is -1.39. The van der Waals surface area contributed by atoms with Gasteiger partial charge in [-0.15, -0.1) is 10.2 Å². The van der Waals surface area contributed by atoms with Gasteiger partial charge in [-0.05, 0) is 39.5 Å². The zero-order valence-corrected chi connectivity index (χ0v) is 12.2. The van der Waals surface area contributed by atoms with Crippen LogP contribution in [-0.2, 0) is 9.53 Å². The highest BCUT2D eigenvalue weighted by Gasteiger charge is 2.37. The van der Waals surface area contributed by atoms with Crippen LogP contribution in [0, 0.1) is 12.8 Å². The first-order valence-corrected chi connectivity index (χ1v) is 7.05. The Labute approximate surface area is 114 Å². The molecule has 106 valence electrons. The highest BCUT2D eigenvalue weighted by atomic mass is 16.5. The van der Waals surface area contributed by atoms with Crippen LogP contribution in [0.4, 0.5) is 0 Å². The molecule has 1 aromatic heterocycles. The molecule has 2 rings (SSSR count). The Morgan fingerprint density at radius 3 is 2.47 bits per heavy atom. The zero-order valence-electron chi connectivity index (χ0n) is 12.2. The van der Waals surface area contributed by atoms with Gasteiger partial charge in [-0.3, -0.25) is 4.79 Å². The summed E-state index contributed by atoms with van der Waals surface area (Å²) in [7, 11) is 1.45. The van der Waals surface area contributed by atoms with E-state index < -0.39 is 0 Å². The van der Waals surface area contributed by atoms with E-state index in [1.807, 2.05) is 6.92 Å². The van der Waals surface area contributed by atoms with Crippen LogP contribution in [0.5, 0.6) is 0 Å². The Morgan fingerprint density at radius 2 is 1.95 bits per heavy atom. The molecule has 0 saturated heterocycles. The summed E-state index contributed by atoms with van der Waals surface area (Å²) < 4.78 is 7.06. The average Bonchev–Trinajstić information content (AvgIpc) is 3.00. The normalized spacial score (nSPS) is 17.9. The van der Waals surface area contributed by atoms with Crippen LogP contribution < -0.4 is 0 Å². The summed E-state index contributed by atoms with van der Waals surface area (Å²) in [4.78, 5) is 12.2. The maximum absolute atomic E-state index is 12.2. The van der Waals surface area contributed by atoms with E-state index in [1.54, 1.807) is 0 Å². The first-order chi connectivity index (χ1) is 9.06. The van der Waals surface area contributed by atoms with Crippen LogP contribution in [0.25, 0.3) is 0 Å². The Balaban J connectivity index is 2.40. The van der Waals surface area contributed by atoms with Gasteiger partial charge in [-0.25, -0.2) is 0 Å². The molecule has 0 spiro atoms. The maximum Gasteiger partial charge on any atom is 0.316 e. The molecule has 19 heavy (non-hydrogen) atoms. The molecule has 0 N–H and O–H groups in total. The summed E-state index contributed by atoms with van der Waals surface area (Å²) in [6.07, 6.45) is 4.52. The van der Waals surface area contributed by atoms with Crippen molar-refractivity contribution in [3.05, 3.63) is 11.6 Å². The first-order valence-electron chi connectivity index (χ1n) is 7.05. The molecule has 1 aliphatic carbocycles. The van der Waals surface area contributed by atoms with Crippen molar-refractivity contribution in [3.63, 3.8) is 0 Å². The van der Waals surface area contributed by atoms with Crippen LogP contribution in [-0.4, -0.2) is 27.8 Å². The number of carbonyl (C=O) groups is 1. The second-order valence-corrected chi connectivity index (χ2v) is 5.61. The second kappa shape index (κ2) is 5.72. The smallest absolute Gasteiger partial charge is 0.316 e. The molecule has 1 unspecified atom stereocenters. The van der Waals surface area contributed by atoms with Crippen molar-refractivity contribution in [2.24, 2.45) is 5.92 Å². The summed E-state index contributed by atoms with van der Waals surface area (Å²) in [6, 6.07) is 0.249. The van der Waals surface area contributed by atoms with Crippen molar-refractivity contribution in [1.82, 2.24) is 14.8 Å². The predicted molar refractivity (Wildman–Crippen MR) is 71.9 cm³/mol. The lowest BCUT2D eigenvalue weighted by Crippen LogP contribution is -2.26. The summed E-state index contributed by atoms with van der Waals surface area (Å²) >= 11 is 0. The fourth-order valence-electron chi connectivity index (χ4n) is 3.16. The summed E-state index contributed by atoms with van der Waals surface area (Å²) in [6.45, 7) is 6.10. The van der Waals surface area contributed by atoms with Gasteiger partial charge < -0.3 is 9.30 Å². The summed E-state index contributed by atoms with van der Waals surface area (Å²) in [5.74, 6) is 1.52. The highest BCUT2D eigenvalue weighted by molar-refractivity contribution is 5.77. The Morgan fingerprint density at radius 1 is 1.32 bits per heavy atom. The van der Waals surface area contributed by atoms with Crippen LogP contribution in [0.2, 0.25) is 0 Å². The fraction of sp³-hybridized carbons (Fsp3) is 0.786. The molecule has 5 nitrogen and oxygen atoms in total. The lowest BCUT2D eigenvalue weighted by molar-refractivity contribution is -0.144. The third-order valence-corrected chi connectivity index (χ3v) is 4.01. The summed E-state index contributed by atoms with van der Waals surface area (Å²) in [5.41, 5.74) is 0. The summed E-state index contributed by atoms with van der Waals surface area (Å²) in [5, 5.41) is 8.42. The molecule has 0 radical (unpaired) electrons. The molecule has 1 fully saturated rings. The van der Waals surface area contributed by atoms with Crippen LogP contribution in [0.1, 0.15) is 63.1 Å². The number of ether oxygens (including phenoxy) is 1. The van der Waals surface area contributed by atoms with E-state index in [2.05, 4.69) is 28.6 Å². The average molecular weight is 265 g/mol. The number of hydrogen-bond donors (Lipinski definition) is 0. The van der Waals surface area contributed by atoms with Crippen LogP contribution >= 0.6 is 0 Å². The Bertz CT molecular complexity index is 448. The first kappa shape index (κ1) is 14.0. The quantitative estimate of drug-likeness (QED) is 0.785. The van der Waals surface area contributed by atoms with E-state index in [0.29, 0.717) is 5.92 Å². The topological polar surface area (TPSA) is 57.0 Å².